The highest BCUT2D eigenvalue weighted by Crippen LogP contribution is 2.46. The predicted octanol–water partition coefficient (Wildman–Crippen LogP) is 3.91. The second-order valence-electron chi connectivity index (χ2n) is 6.68. The van der Waals surface area contributed by atoms with Gasteiger partial charge in [0.1, 0.15) is 0 Å². The Bertz CT molecular complexity index is 680. The molecule has 0 bridgehead atoms. The van der Waals surface area contributed by atoms with Crippen LogP contribution in [0.3, 0.4) is 0 Å². The number of amides is 1. The summed E-state index contributed by atoms with van der Waals surface area (Å²) in [6, 6.07) is 9.18. The first-order valence-electron chi connectivity index (χ1n) is 9.38. The Kier molecular flexibility index (Phi) is 10.9. The number of nitrogens with zero attached hydrogens (tertiary/aromatic N) is 2. The molecule has 154 valence electrons. The minimum Gasteiger partial charge on any atom is -0.355 e. The molecule has 0 saturated heterocycles. The highest BCUT2D eigenvalue weighted by molar-refractivity contribution is 7.44. The molecule has 1 rings (SSSR count). The third kappa shape index (κ3) is 7.29. The molecule has 28 heavy (non-hydrogen) atoms. The van der Waals surface area contributed by atoms with Gasteiger partial charge >= 0.3 is 0 Å². The van der Waals surface area contributed by atoms with Crippen LogP contribution in [0.2, 0.25) is 0 Å². The van der Waals surface area contributed by atoms with Crippen LogP contribution >= 0.6 is 8.53 Å². The van der Waals surface area contributed by atoms with E-state index in [1.807, 2.05) is 0 Å². The van der Waals surface area contributed by atoms with Gasteiger partial charge in [-0.25, -0.2) is 4.67 Å². The van der Waals surface area contributed by atoms with Gasteiger partial charge in [0.2, 0.25) is 0 Å². The molecule has 0 fully saturated rings. The van der Waals surface area contributed by atoms with E-state index < -0.39 is 8.53 Å². The quantitative estimate of drug-likeness (QED) is 0.321. The van der Waals surface area contributed by atoms with E-state index in [4.69, 9.17) is 14.3 Å². The third-order valence-electron chi connectivity index (χ3n) is 3.89. The Hall–Kier alpha value is -1.84. The maximum Gasteiger partial charge on any atom is 0.259 e. The van der Waals surface area contributed by atoms with E-state index >= 15 is 0 Å². The summed E-state index contributed by atoms with van der Waals surface area (Å²) in [6.45, 7) is 8.67. The standard InChI is InChI=1S/C20H30N3O4P/c1-15(2)23(16(3)4)28(26-13-8-12-21)27-14-11-19(24)17-9-6-7-10-18(17)20(25)22-5/h6-7,9-10,15-16H,8,11,13-14H2,1-5H3,(H,22,25). The molecule has 0 radical (unpaired) electrons. The number of hydrogen-bond acceptors (Lipinski definition) is 6. The number of carbonyl (C=O) groups excluding carboxylic acids is 2. The molecule has 1 aromatic carbocycles. The van der Waals surface area contributed by atoms with E-state index in [0.717, 1.165) is 0 Å². The number of ketones is 1. The van der Waals surface area contributed by atoms with Crippen molar-refractivity contribution in [1.29, 1.82) is 5.26 Å². The van der Waals surface area contributed by atoms with Gasteiger partial charge < -0.3 is 14.4 Å². The maximum atomic E-state index is 12.6. The van der Waals surface area contributed by atoms with Crippen molar-refractivity contribution in [1.82, 2.24) is 9.99 Å². The molecule has 0 aromatic heterocycles. The van der Waals surface area contributed by atoms with Crippen LogP contribution in [-0.4, -0.2) is 48.7 Å². The van der Waals surface area contributed by atoms with E-state index in [0.29, 0.717) is 11.1 Å². The molecular weight excluding hydrogens is 377 g/mol. The van der Waals surface area contributed by atoms with Gasteiger partial charge in [0.05, 0.1) is 31.3 Å². The molecule has 0 aliphatic heterocycles. The number of Topliss-reactive ketones (excluding diaryl/α,β-unsaturated/α-hetero) is 1. The largest absolute Gasteiger partial charge is 0.355 e. The fraction of sp³-hybridized carbons (Fsp3) is 0.550. The maximum absolute atomic E-state index is 12.6. The summed E-state index contributed by atoms with van der Waals surface area (Å²) in [7, 11) is 0.146. The minimum absolute atomic E-state index is 0.137. The average molecular weight is 407 g/mol. The van der Waals surface area contributed by atoms with Gasteiger partial charge in [-0.3, -0.25) is 9.59 Å². The van der Waals surface area contributed by atoms with Gasteiger partial charge in [0.25, 0.3) is 14.4 Å². The van der Waals surface area contributed by atoms with Crippen molar-refractivity contribution in [2.45, 2.75) is 52.6 Å². The smallest absolute Gasteiger partial charge is 0.259 e. The molecule has 8 heteroatoms. The molecule has 1 unspecified atom stereocenters. The van der Waals surface area contributed by atoms with Crippen LogP contribution < -0.4 is 5.32 Å². The number of nitrogens with one attached hydrogen (secondary N) is 1. The molecule has 0 aliphatic carbocycles. The first-order chi connectivity index (χ1) is 13.3. The SMILES string of the molecule is CNC(=O)c1ccccc1C(=O)CCOP(OCCC#N)N(C(C)C)C(C)C. The lowest BCUT2D eigenvalue weighted by Gasteiger charge is -2.35. The van der Waals surface area contributed by atoms with Crippen LogP contribution in [0.25, 0.3) is 0 Å². The molecule has 1 atom stereocenters. The van der Waals surface area contributed by atoms with E-state index in [9.17, 15) is 9.59 Å². The molecule has 1 N–H and O–H groups in total. The van der Waals surface area contributed by atoms with E-state index in [2.05, 4.69) is 43.8 Å². The summed E-state index contributed by atoms with van der Waals surface area (Å²) in [5.41, 5.74) is 0.735. The van der Waals surface area contributed by atoms with Gasteiger partial charge in [0, 0.05) is 31.1 Å². The summed E-state index contributed by atoms with van der Waals surface area (Å²) < 4.78 is 13.8. The third-order valence-corrected chi connectivity index (χ3v) is 6.00. The van der Waals surface area contributed by atoms with Gasteiger partial charge in [-0.2, -0.15) is 5.26 Å². The zero-order valence-electron chi connectivity index (χ0n) is 17.3. The Labute approximate surface area is 169 Å². The molecule has 1 aromatic rings. The molecule has 1 amide bonds. The van der Waals surface area contributed by atoms with Crippen molar-refractivity contribution in [2.75, 3.05) is 20.3 Å². The zero-order valence-corrected chi connectivity index (χ0v) is 18.2. The van der Waals surface area contributed by atoms with Crippen molar-refractivity contribution in [3.63, 3.8) is 0 Å². The summed E-state index contributed by atoms with van der Waals surface area (Å²) in [5.74, 6) is -0.454. The first kappa shape index (κ1) is 24.2. The summed E-state index contributed by atoms with van der Waals surface area (Å²) >= 11 is 0. The molecule has 0 saturated carbocycles. The van der Waals surface area contributed by atoms with E-state index in [1.165, 1.54) is 7.05 Å². The van der Waals surface area contributed by atoms with Crippen molar-refractivity contribution < 1.29 is 18.6 Å². The van der Waals surface area contributed by atoms with Crippen LogP contribution in [0.4, 0.5) is 0 Å². The second-order valence-corrected chi connectivity index (χ2v) is 8.13. The first-order valence-corrected chi connectivity index (χ1v) is 10.5. The van der Waals surface area contributed by atoms with Crippen LogP contribution in [0, 0.1) is 11.3 Å². The number of hydrogen-bond donors (Lipinski definition) is 1. The number of rotatable bonds is 12. The molecule has 0 spiro atoms. The van der Waals surface area contributed by atoms with Crippen molar-refractivity contribution >= 4 is 20.2 Å². The summed E-state index contributed by atoms with van der Waals surface area (Å²) in [6.07, 6.45) is 0.420. The van der Waals surface area contributed by atoms with Crippen LogP contribution in [-0.2, 0) is 9.05 Å². The van der Waals surface area contributed by atoms with Crippen molar-refractivity contribution in [3.05, 3.63) is 35.4 Å². The van der Waals surface area contributed by atoms with E-state index in [1.54, 1.807) is 24.3 Å². The van der Waals surface area contributed by atoms with Gasteiger partial charge in [-0.1, -0.05) is 18.2 Å². The second kappa shape index (κ2) is 12.6. The molecule has 0 heterocycles. The normalized spacial score (nSPS) is 12.2. The Morgan fingerprint density at radius 2 is 1.68 bits per heavy atom. The lowest BCUT2D eigenvalue weighted by molar-refractivity contribution is 0.0923. The van der Waals surface area contributed by atoms with Gasteiger partial charge in [-0.15, -0.1) is 0 Å². The molecule has 7 nitrogen and oxygen atoms in total. The fourth-order valence-corrected chi connectivity index (χ4v) is 4.31. The van der Waals surface area contributed by atoms with Crippen LogP contribution in [0.1, 0.15) is 61.3 Å². The predicted molar refractivity (Wildman–Crippen MR) is 110 cm³/mol. The van der Waals surface area contributed by atoms with Gasteiger partial charge in [-0.05, 0) is 33.8 Å². The lowest BCUT2D eigenvalue weighted by Crippen LogP contribution is -2.33. The summed E-state index contributed by atoms with van der Waals surface area (Å²) in [5, 5.41) is 11.3. The highest BCUT2D eigenvalue weighted by Gasteiger charge is 2.27. The summed E-state index contributed by atoms with van der Waals surface area (Å²) in [4.78, 5) is 24.6. The molecular formula is C20H30N3O4P. The van der Waals surface area contributed by atoms with Crippen molar-refractivity contribution in [2.24, 2.45) is 0 Å². The number of benzene rings is 1. The topological polar surface area (TPSA) is 91.7 Å². The Morgan fingerprint density at radius 3 is 2.21 bits per heavy atom. The van der Waals surface area contributed by atoms with Crippen LogP contribution in [0.15, 0.2) is 24.3 Å². The highest BCUT2D eigenvalue weighted by atomic mass is 31.2. The number of nitriles is 1. The van der Waals surface area contributed by atoms with Crippen molar-refractivity contribution in [3.8, 4) is 6.07 Å². The Morgan fingerprint density at radius 1 is 1.11 bits per heavy atom. The minimum atomic E-state index is -1.39. The van der Waals surface area contributed by atoms with Gasteiger partial charge in [0.15, 0.2) is 5.78 Å². The lowest BCUT2D eigenvalue weighted by atomic mass is 10.0. The zero-order chi connectivity index (χ0) is 21.1. The fourth-order valence-electron chi connectivity index (χ4n) is 2.72. The Balaban J connectivity index is 2.79. The molecule has 0 aliphatic rings. The van der Waals surface area contributed by atoms with Crippen LogP contribution in [0.5, 0.6) is 0 Å². The monoisotopic (exact) mass is 407 g/mol. The van der Waals surface area contributed by atoms with E-state index in [-0.39, 0.29) is 49.8 Å². The number of carbonyl (C=O) groups is 2. The average Bonchev–Trinajstić information content (AvgIpc) is 2.66.